The van der Waals surface area contributed by atoms with Crippen LogP contribution in [0.1, 0.15) is 25.3 Å². The SMILES string of the molecule is CC(C)c1cc2c(O)cccc2n(-c2ccccc2)c1=O. The minimum atomic E-state index is -0.0331. The van der Waals surface area contributed by atoms with Crippen LogP contribution in [-0.2, 0) is 0 Å². The Morgan fingerprint density at radius 1 is 1.00 bits per heavy atom. The van der Waals surface area contributed by atoms with E-state index in [2.05, 4.69) is 0 Å². The van der Waals surface area contributed by atoms with Gasteiger partial charge in [0, 0.05) is 16.6 Å². The van der Waals surface area contributed by atoms with Gasteiger partial charge in [-0.15, -0.1) is 0 Å². The van der Waals surface area contributed by atoms with Crippen LogP contribution in [0.5, 0.6) is 5.75 Å². The van der Waals surface area contributed by atoms with Crippen molar-refractivity contribution in [3.8, 4) is 11.4 Å². The lowest BCUT2D eigenvalue weighted by molar-refractivity contribution is 0.481. The summed E-state index contributed by atoms with van der Waals surface area (Å²) in [6.07, 6.45) is 0. The Morgan fingerprint density at radius 2 is 1.71 bits per heavy atom. The largest absolute Gasteiger partial charge is 0.507 e. The highest BCUT2D eigenvalue weighted by Crippen LogP contribution is 2.27. The summed E-state index contributed by atoms with van der Waals surface area (Å²) in [6.45, 7) is 3.97. The maximum absolute atomic E-state index is 12.8. The molecule has 1 aromatic heterocycles. The summed E-state index contributed by atoms with van der Waals surface area (Å²) in [7, 11) is 0. The number of fused-ring (bicyclic) bond motifs is 1. The summed E-state index contributed by atoms with van der Waals surface area (Å²) in [5, 5.41) is 10.8. The summed E-state index contributed by atoms with van der Waals surface area (Å²) < 4.78 is 1.67. The first-order valence-electron chi connectivity index (χ1n) is 7.02. The topological polar surface area (TPSA) is 42.2 Å². The normalized spacial score (nSPS) is 11.2. The number of hydrogen-bond donors (Lipinski definition) is 1. The minimum absolute atomic E-state index is 0.0331. The van der Waals surface area contributed by atoms with E-state index in [1.165, 1.54) is 0 Å². The predicted molar refractivity (Wildman–Crippen MR) is 85.3 cm³/mol. The second kappa shape index (κ2) is 5.09. The molecular formula is C18H17NO2. The van der Waals surface area contributed by atoms with Crippen molar-refractivity contribution in [2.45, 2.75) is 19.8 Å². The van der Waals surface area contributed by atoms with Gasteiger partial charge in [0.25, 0.3) is 5.56 Å². The van der Waals surface area contributed by atoms with E-state index >= 15 is 0 Å². The third kappa shape index (κ3) is 2.21. The quantitative estimate of drug-likeness (QED) is 0.775. The second-order valence-corrected chi connectivity index (χ2v) is 5.44. The van der Waals surface area contributed by atoms with Gasteiger partial charge in [0.15, 0.2) is 0 Å². The number of hydrogen-bond acceptors (Lipinski definition) is 2. The minimum Gasteiger partial charge on any atom is -0.507 e. The number of aromatic nitrogens is 1. The van der Waals surface area contributed by atoms with Crippen LogP contribution < -0.4 is 5.56 Å². The average Bonchev–Trinajstić information content (AvgIpc) is 2.47. The van der Waals surface area contributed by atoms with E-state index in [9.17, 15) is 9.90 Å². The molecule has 0 aliphatic heterocycles. The fourth-order valence-corrected chi connectivity index (χ4v) is 2.59. The summed E-state index contributed by atoms with van der Waals surface area (Å²) >= 11 is 0. The number of phenols is 1. The standard InChI is InChI=1S/C18H17NO2/c1-12(2)14-11-15-16(9-6-10-17(15)20)19(18(14)21)13-7-4-3-5-8-13/h3-12,20H,1-2H3. The molecule has 0 aliphatic rings. The lowest BCUT2D eigenvalue weighted by atomic mass is 10.0. The van der Waals surface area contributed by atoms with Crippen LogP contribution in [0.15, 0.2) is 59.4 Å². The third-order valence-electron chi connectivity index (χ3n) is 3.69. The van der Waals surface area contributed by atoms with Crippen LogP contribution in [0.25, 0.3) is 16.6 Å². The van der Waals surface area contributed by atoms with E-state index in [0.717, 1.165) is 11.2 Å². The number of benzene rings is 2. The van der Waals surface area contributed by atoms with Gasteiger partial charge in [-0.1, -0.05) is 38.1 Å². The molecule has 3 aromatic rings. The molecule has 0 amide bonds. The number of pyridine rings is 1. The zero-order valence-electron chi connectivity index (χ0n) is 12.1. The number of para-hydroxylation sites is 1. The molecule has 1 N–H and O–H groups in total. The van der Waals surface area contributed by atoms with Gasteiger partial charge in [-0.2, -0.15) is 0 Å². The lowest BCUT2D eigenvalue weighted by Gasteiger charge is -2.15. The third-order valence-corrected chi connectivity index (χ3v) is 3.69. The van der Waals surface area contributed by atoms with Gasteiger partial charge in [-0.3, -0.25) is 9.36 Å². The molecule has 2 aromatic carbocycles. The zero-order valence-corrected chi connectivity index (χ0v) is 12.1. The van der Waals surface area contributed by atoms with Gasteiger partial charge in [0.2, 0.25) is 0 Å². The van der Waals surface area contributed by atoms with Gasteiger partial charge in [0.1, 0.15) is 5.75 Å². The molecule has 0 spiro atoms. The highest BCUT2D eigenvalue weighted by atomic mass is 16.3. The molecule has 0 aliphatic carbocycles. The fraction of sp³-hybridized carbons (Fsp3) is 0.167. The summed E-state index contributed by atoms with van der Waals surface area (Å²) in [5.74, 6) is 0.288. The molecule has 1 heterocycles. The Kier molecular flexibility index (Phi) is 3.26. The van der Waals surface area contributed by atoms with Crippen molar-refractivity contribution in [2.75, 3.05) is 0 Å². The predicted octanol–water partition coefficient (Wildman–Crippen LogP) is 3.82. The Hall–Kier alpha value is -2.55. The van der Waals surface area contributed by atoms with Crippen LogP contribution in [0.2, 0.25) is 0 Å². The average molecular weight is 279 g/mol. The van der Waals surface area contributed by atoms with E-state index < -0.39 is 0 Å². The number of aromatic hydroxyl groups is 1. The van der Waals surface area contributed by atoms with E-state index in [4.69, 9.17) is 0 Å². The van der Waals surface area contributed by atoms with Crippen LogP contribution in [0.4, 0.5) is 0 Å². The van der Waals surface area contributed by atoms with Gasteiger partial charge in [0.05, 0.1) is 5.52 Å². The van der Waals surface area contributed by atoms with Crippen molar-refractivity contribution in [1.29, 1.82) is 0 Å². The molecule has 21 heavy (non-hydrogen) atoms. The first kappa shape index (κ1) is 13.4. The van der Waals surface area contributed by atoms with Crippen molar-refractivity contribution in [3.05, 3.63) is 70.5 Å². The zero-order chi connectivity index (χ0) is 15.0. The molecule has 0 fully saturated rings. The van der Waals surface area contributed by atoms with Gasteiger partial charge < -0.3 is 5.11 Å². The molecule has 0 atom stereocenters. The smallest absolute Gasteiger partial charge is 0.259 e. The van der Waals surface area contributed by atoms with Crippen molar-refractivity contribution >= 4 is 10.9 Å². The van der Waals surface area contributed by atoms with E-state index in [-0.39, 0.29) is 17.2 Å². The summed E-state index contributed by atoms with van der Waals surface area (Å²) in [5.41, 5.74) is 2.19. The van der Waals surface area contributed by atoms with Crippen molar-refractivity contribution in [2.24, 2.45) is 0 Å². The highest BCUT2D eigenvalue weighted by molar-refractivity contribution is 5.87. The van der Waals surface area contributed by atoms with Gasteiger partial charge >= 0.3 is 0 Å². The van der Waals surface area contributed by atoms with Crippen LogP contribution in [-0.4, -0.2) is 9.67 Å². The molecule has 0 unspecified atom stereocenters. The fourth-order valence-electron chi connectivity index (χ4n) is 2.59. The van der Waals surface area contributed by atoms with Crippen molar-refractivity contribution < 1.29 is 5.11 Å². The van der Waals surface area contributed by atoms with E-state index in [0.29, 0.717) is 10.9 Å². The Balaban J connectivity index is 2.49. The summed E-state index contributed by atoms with van der Waals surface area (Å²) in [6, 6.07) is 16.6. The maximum atomic E-state index is 12.8. The van der Waals surface area contributed by atoms with Crippen LogP contribution in [0.3, 0.4) is 0 Å². The maximum Gasteiger partial charge on any atom is 0.259 e. The van der Waals surface area contributed by atoms with E-state index in [1.54, 1.807) is 22.8 Å². The molecular weight excluding hydrogens is 262 g/mol. The molecule has 0 radical (unpaired) electrons. The van der Waals surface area contributed by atoms with Crippen LogP contribution >= 0.6 is 0 Å². The second-order valence-electron chi connectivity index (χ2n) is 5.44. The van der Waals surface area contributed by atoms with Crippen molar-refractivity contribution in [1.82, 2.24) is 4.57 Å². The first-order valence-corrected chi connectivity index (χ1v) is 7.02. The molecule has 3 nitrogen and oxygen atoms in total. The Labute approximate surface area is 123 Å². The number of nitrogens with zero attached hydrogens (tertiary/aromatic N) is 1. The van der Waals surface area contributed by atoms with Gasteiger partial charge in [-0.25, -0.2) is 0 Å². The monoisotopic (exact) mass is 279 g/mol. The van der Waals surface area contributed by atoms with Crippen LogP contribution in [0, 0.1) is 0 Å². The Bertz CT molecular complexity index is 848. The molecule has 0 saturated heterocycles. The number of rotatable bonds is 2. The molecule has 3 rings (SSSR count). The van der Waals surface area contributed by atoms with Crippen molar-refractivity contribution in [3.63, 3.8) is 0 Å². The highest BCUT2D eigenvalue weighted by Gasteiger charge is 2.14. The van der Waals surface area contributed by atoms with Gasteiger partial charge in [-0.05, 0) is 36.2 Å². The summed E-state index contributed by atoms with van der Waals surface area (Å²) in [4.78, 5) is 12.8. The first-order chi connectivity index (χ1) is 10.1. The van der Waals surface area contributed by atoms with E-state index in [1.807, 2.05) is 50.2 Å². The molecule has 0 bridgehead atoms. The molecule has 3 heteroatoms. The molecule has 106 valence electrons. The lowest BCUT2D eigenvalue weighted by Crippen LogP contribution is -2.23. The number of phenolic OH excluding ortho intramolecular Hbond substituents is 1. The molecule has 0 saturated carbocycles. The Morgan fingerprint density at radius 3 is 2.38 bits per heavy atom.